The highest BCUT2D eigenvalue weighted by molar-refractivity contribution is 7.56. The molecular weight excluding hydrogens is 694 g/mol. The summed E-state index contributed by atoms with van der Waals surface area (Å²) in [4.78, 5) is 0. The summed E-state index contributed by atoms with van der Waals surface area (Å²) in [5.74, 6) is 2.33. The van der Waals surface area contributed by atoms with E-state index in [0.717, 1.165) is 11.1 Å². The standard InChI is InChI=1S/C42H40O8P2/c1-41(2,34-27-31-40(32-28-34)50-52(44,48-38-21-13-7-14-22-38)49-39-23-15-8-16-24-39)33-25-29-35(30-26-33)45-42(3,4)51(43,46-36-17-9-5-10-18-36)47-37-19-11-6-12-20-37/h5-32H,1-4H3. The van der Waals surface area contributed by atoms with Gasteiger partial charge in [0, 0.05) is 5.41 Å². The lowest BCUT2D eigenvalue weighted by Crippen LogP contribution is -2.33. The zero-order chi connectivity index (χ0) is 36.7. The third kappa shape index (κ3) is 8.89. The van der Waals surface area contributed by atoms with Gasteiger partial charge >= 0.3 is 15.4 Å². The minimum absolute atomic E-state index is 0.320. The smallest absolute Gasteiger partial charge is 0.473 e. The number of ether oxygens (including phenoxy) is 1. The topological polar surface area (TPSA) is 89.5 Å². The molecule has 0 spiro atoms. The average molecular weight is 735 g/mol. The van der Waals surface area contributed by atoms with E-state index in [1.807, 2.05) is 60.7 Å². The van der Waals surface area contributed by atoms with Gasteiger partial charge in [-0.15, -0.1) is 0 Å². The zero-order valence-corrected chi connectivity index (χ0v) is 31.1. The number of phosphoric ester groups is 1. The first-order valence-electron chi connectivity index (χ1n) is 16.7. The summed E-state index contributed by atoms with van der Waals surface area (Å²) in [6, 6.07) is 50.2. The Morgan fingerprint density at radius 2 is 0.654 bits per heavy atom. The lowest BCUT2D eigenvalue weighted by Gasteiger charge is -2.33. The third-order valence-corrected chi connectivity index (χ3v) is 11.9. The van der Waals surface area contributed by atoms with Crippen molar-refractivity contribution in [3.05, 3.63) is 181 Å². The maximum absolute atomic E-state index is 14.5. The van der Waals surface area contributed by atoms with Crippen molar-refractivity contribution < 1.29 is 36.5 Å². The fourth-order valence-corrected chi connectivity index (χ4v) is 8.01. The van der Waals surface area contributed by atoms with Crippen LogP contribution < -0.4 is 27.4 Å². The Balaban J connectivity index is 1.18. The van der Waals surface area contributed by atoms with E-state index in [-0.39, 0.29) is 0 Å². The van der Waals surface area contributed by atoms with Gasteiger partial charge in [-0.05, 0) is 97.8 Å². The second-order valence-corrected chi connectivity index (χ2v) is 16.8. The largest absolute Gasteiger partial charge is 0.647 e. The van der Waals surface area contributed by atoms with Gasteiger partial charge in [0.15, 0.2) is 0 Å². The van der Waals surface area contributed by atoms with Crippen LogP contribution in [-0.2, 0) is 14.5 Å². The summed E-state index contributed by atoms with van der Waals surface area (Å²) < 4.78 is 64.2. The molecule has 266 valence electrons. The molecule has 0 aliphatic rings. The van der Waals surface area contributed by atoms with Crippen LogP contribution in [0, 0.1) is 0 Å². The lowest BCUT2D eigenvalue weighted by atomic mass is 9.78. The SMILES string of the molecule is CC(C)(c1ccc(OC(C)(C)P(=O)(Oc2ccccc2)Oc2ccccc2)cc1)c1ccc(OP(=O)(Oc2ccccc2)Oc2ccccc2)cc1. The molecule has 0 N–H and O–H groups in total. The van der Waals surface area contributed by atoms with Crippen LogP contribution in [0.25, 0.3) is 0 Å². The van der Waals surface area contributed by atoms with Crippen molar-refractivity contribution in [3.8, 4) is 34.5 Å². The van der Waals surface area contributed by atoms with Crippen LogP contribution >= 0.6 is 15.4 Å². The Kier molecular flexibility index (Phi) is 10.8. The molecule has 10 heteroatoms. The van der Waals surface area contributed by atoms with Crippen LogP contribution in [0.15, 0.2) is 170 Å². The van der Waals surface area contributed by atoms with Gasteiger partial charge in [-0.25, -0.2) is 4.57 Å². The molecule has 0 saturated carbocycles. The first-order chi connectivity index (χ1) is 24.9. The highest BCUT2D eigenvalue weighted by atomic mass is 31.2. The molecule has 0 radical (unpaired) electrons. The molecule has 0 fully saturated rings. The fourth-order valence-electron chi connectivity index (χ4n) is 5.27. The van der Waals surface area contributed by atoms with Crippen molar-refractivity contribution in [2.75, 3.05) is 0 Å². The summed E-state index contributed by atoms with van der Waals surface area (Å²) in [5, 5.41) is -1.38. The molecular formula is C42H40O8P2. The number of rotatable bonds is 15. The number of phosphoric acid groups is 1. The van der Waals surface area contributed by atoms with E-state index in [1.165, 1.54) is 0 Å². The average Bonchev–Trinajstić information content (AvgIpc) is 3.13. The monoisotopic (exact) mass is 734 g/mol. The van der Waals surface area contributed by atoms with Crippen molar-refractivity contribution in [1.29, 1.82) is 0 Å². The van der Waals surface area contributed by atoms with E-state index in [4.69, 9.17) is 27.4 Å². The molecule has 0 bridgehead atoms. The van der Waals surface area contributed by atoms with Gasteiger partial charge in [0.25, 0.3) is 0 Å². The van der Waals surface area contributed by atoms with E-state index in [1.54, 1.807) is 123 Å². The zero-order valence-electron chi connectivity index (χ0n) is 29.3. The Hall–Kier alpha value is -5.42. The molecule has 8 nitrogen and oxygen atoms in total. The second-order valence-electron chi connectivity index (χ2n) is 12.9. The molecule has 0 heterocycles. The van der Waals surface area contributed by atoms with Crippen LogP contribution in [0.3, 0.4) is 0 Å². The maximum atomic E-state index is 14.5. The predicted octanol–water partition coefficient (Wildman–Crippen LogP) is 12.1. The number of hydrogen-bond acceptors (Lipinski definition) is 8. The van der Waals surface area contributed by atoms with Crippen LogP contribution in [0.5, 0.6) is 34.5 Å². The highest BCUT2D eigenvalue weighted by Gasteiger charge is 2.49. The van der Waals surface area contributed by atoms with Gasteiger partial charge in [-0.3, -0.25) is 0 Å². The van der Waals surface area contributed by atoms with E-state index < -0.39 is 26.2 Å². The van der Waals surface area contributed by atoms with Crippen LogP contribution in [0.4, 0.5) is 0 Å². The molecule has 6 rings (SSSR count). The van der Waals surface area contributed by atoms with E-state index in [2.05, 4.69) is 13.8 Å². The van der Waals surface area contributed by atoms with Crippen molar-refractivity contribution in [2.45, 2.75) is 38.5 Å². The minimum Gasteiger partial charge on any atom is -0.473 e. The van der Waals surface area contributed by atoms with Gasteiger partial charge in [0.2, 0.25) is 5.34 Å². The lowest BCUT2D eigenvalue weighted by molar-refractivity contribution is 0.157. The first-order valence-corrected chi connectivity index (χ1v) is 19.7. The number of hydrogen-bond donors (Lipinski definition) is 0. The van der Waals surface area contributed by atoms with Crippen LogP contribution in [-0.4, -0.2) is 5.34 Å². The molecule has 0 amide bonds. The number of benzene rings is 6. The van der Waals surface area contributed by atoms with E-state index in [9.17, 15) is 9.13 Å². The quantitative estimate of drug-likeness (QED) is 0.0963. The van der Waals surface area contributed by atoms with E-state index >= 15 is 0 Å². The summed E-state index contributed by atoms with van der Waals surface area (Å²) in [6.45, 7) is 7.58. The minimum atomic E-state index is -4.13. The molecule has 0 aliphatic heterocycles. The molecule has 0 unspecified atom stereocenters. The van der Waals surface area contributed by atoms with Gasteiger partial charge in [-0.1, -0.05) is 111 Å². The molecule has 52 heavy (non-hydrogen) atoms. The first kappa shape index (κ1) is 36.4. The second kappa shape index (κ2) is 15.4. The van der Waals surface area contributed by atoms with Crippen molar-refractivity contribution in [3.63, 3.8) is 0 Å². The van der Waals surface area contributed by atoms with Crippen LogP contribution in [0.2, 0.25) is 0 Å². The molecule has 0 aromatic heterocycles. The predicted molar refractivity (Wildman–Crippen MR) is 204 cm³/mol. The summed E-state index contributed by atoms with van der Waals surface area (Å²) in [6.07, 6.45) is 0. The van der Waals surface area contributed by atoms with Crippen molar-refractivity contribution in [1.82, 2.24) is 0 Å². The summed E-state index contributed by atoms with van der Waals surface area (Å²) >= 11 is 0. The Morgan fingerprint density at radius 1 is 0.365 bits per heavy atom. The van der Waals surface area contributed by atoms with Gasteiger partial charge in [0.05, 0.1) is 0 Å². The summed E-state index contributed by atoms with van der Waals surface area (Å²) in [5.41, 5.74) is 1.54. The molecule has 0 atom stereocenters. The maximum Gasteiger partial charge on any atom is 0.647 e. The van der Waals surface area contributed by atoms with Crippen molar-refractivity contribution in [2.24, 2.45) is 0 Å². The summed E-state index contributed by atoms with van der Waals surface area (Å²) in [7, 11) is -8.08. The molecule has 6 aromatic rings. The fraction of sp³-hybridized carbons (Fsp3) is 0.143. The Labute approximate surface area is 305 Å². The Morgan fingerprint density at radius 3 is 1.00 bits per heavy atom. The van der Waals surface area contributed by atoms with Gasteiger partial charge in [-0.2, -0.15) is 4.57 Å². The van der Waals surface area contributed by atoms with Crippen molar-refractivity contribution >= 4 is 15.4 Å². The normalized spacial score (nSPS) is 12.0. The third-order valence-electron chi connectivity index (χ3n) is 8.25. The van der Waals surface area contributed by atoms with Crippen LogP contribution in [0.1, 0.15) is 38.8 Å². The van der Waals surface area contributed by atoms with Gasteiger partial charge < -0.3 is 27.4 Å². The van der Waals surface area contributed by atoms with E-state index in [0.29, 0.717) is 34.5 Å². The molecule has 0 aliphatic carbocycles. The number of para-hydroxylation sites is 4. The molecule has 6 aromatic carbocycles. The van der Waals surface area contributed by atoms with Gasteiger partial charge in [0.1, 0.15) is 34.5 Å². The highest BCUT2D eigenvalue weighted by Crippen LogP contribution is 2.59. The Bertz CT molecular complexity index is 2030. The molecule has 0 saturated heterocycles.